The van der Waals surface area contributed by atoms with E-state index in [1.807, 2.05) is 6.92 Å². The van der Waals surface area contributed by atoms with Crippen molar-refractivity contribution < 1.29 is 32.6 Å². The number of rotatable bonds is 5. The Hall–Kier alpha value is -1.88. The average molecular weight is 504 g/mol. The molecule has 4 rings (SSSR count). The topological polar surface area (TPSA) is 73.3 Å². The largest absolute Gasteiger partial charge is 0.417 e. The first-order chi connectivity index (χ1) is 16.0. The Bertz CT molecular complexity index is 944. The van der Waals surface area contributed by atoms with Gasteiger partial charge in [0.2, 0.25) is 0 Å². The van der Waals surface area contributed by atoms with Crippen molar-refractivity contribution in [2.75, 3.05) is 39.4 Å². The Labute approximate surface area is 201 Å². The molecule has 0 bridgehead atoms. The molecule has 3 saturated heterocycles. The molecule has 11 heteroatoms. The molecule has 0 atom stereocenters. The standard InChI is InChI=1S/C23H29ClF3N3O4/c1-2-30-20(32)29(14-16-3-4-17(18(24)13-16)23(25,26)27)19(31)22(30)5-9-28(10-6-22)15-21(33)7-11-34-12-8-21/h3-4,13,33H,2,5-12,14-15H2,1H3. The van der Waals surface area contributed by atoms with E-state index in [1.54, 1.807) is 4.90 Å². The summed E-state index contributed by atoms with van der Waals surface area (Å²) in [4.78, 5) is 31.5. The number of β-amino-alcohol motifs (C(OH)–C–C–N with tert-alkyl or cyclic N) is 1. The predicted molar refractivity (Wildman–Crippen MR) is 118 cm³/mol. The third-order valence-electron chi connectivity index (χ3n) is 7.24. The van der Waals surface area contributed by atoms with Crippen molar-refractivity contribution in [2.45, 2.75) is 56.5 Å². The third kappa shape index (κ3) is 4.65. The van der Waals surface area contributed by atoms with Crippen LogP contribution < -0.4 is 0 Å². The molecule has 1 aromatic carbocycles. The Kier molecular flexibility index (Phi) is 6.89. The average Bonchev–Trinajstić information content (AvgIpc) is 2.95. The fourth-order valence-corrected chi connectivity index (χ4v) is 5.63. The monoisotopic (exact) mass is 503 g/mol. The van der Waals surface area contributed by atoms with E-state index in [4.69, 9.17) is 16.3 Å². The Morgan fingerprint density at radius 1 is 1.12 bits per heavy atom. The molecule has 34 heavy (non-hydrogen) atoms. The highest BCUT2D eigenvalue weighted by Gasteiger charge is 2.57. The number of piperidine rings is 1. The van der Waals surface area contributed by atoms with Crippen LogP contribution in [0.25, 0.3) is 0 Å². The molecule has 3 amide bonds. The second-order valence-electron chi connectivity index (χ2n) is 9.37. The van der Waals surface area contributed by atoms with Gasteiger partial charge in [0.1, 0.15) is 5.54 Å². The number of imide groups is 1. The summed E-state index contributed by atoms with van der Waals surface area (Å²) in [5.41, 5.74) is -2.39. The van der Waals surface area contributed by atoms with Gasteiger partial charge in [-0.25, -0.2) is 4.79 Å². The molecule has 0 saturated carbocycles. The number of amides is 3. The minimum Gasteiger partial charge on any atom is -0.388 e. The quantitative estimate of drug-likeness (QED) is 0.622. The van der Waals surface area contributed by atoms with E-state index in [0.29, 0.717) is 70.6 Å². The zero-order valence-corrected chi connectivity index (χ0v) is 19.8. The van der Waals surface area contributed by atoms with Crippen molar-refractivity contribution in [1.29, 1.82) is 0 Å². The van der Waals surface area contributed by atoms with Crippen LogP contribution in [0.3, 0.4) is 0 Å². The molecular formula is C23H29ClF3N3O4. The van der Waals surface area contributed by atoms with Crippen LogP contribution in [0.15, 0.2) is 18.2 Å². The molecule has 1 N–H and O–H groups in total. The van der Waals surface area contributed by atoms with Crippen LogP contribution >= 0.6 is 11.6 Å². The van der Waals surface area contributed by atoms with E-state index in [9.17, 15) is 27.9 Å². The van der Waals surface area contributed by atoms with E-state index < -0.39 is 33.9 Å². The number of benzene rings is 1. The second-order valence-corrected chi connectivity index (χ2v) is 9.78. The van der Waals surface area contributed by atoms with E-state index in [-0.39, 0.29) is 12.5 Å². The molecule has 3 fully saturated rings. The van der Waals surface area contributed by atoms with Gasteiger partial charge >= 0.3 is 12.2 Å². The number of halogens is 4. The normalized spacial score (nSPS) is 23.2. The molecule has 0 unspecified atom stereocenters. The maximum atomic E-state index is 13.5. The number of likely N-dealkylation sites (N-methyl/N-ethyl adjacent to an activating group) is 1. The maximum Gasteiger partial charge on any atom is 0.417 e. The van der Waals surface area contributed by atoms with Crippen LogP contribution in [-0.4, -0.2) is 82.3 Å². The van der Waals surface area contributed by atoms with Gasteiger partial charge in [-0.2, -0.15) is 13.2 Å². The Morgan fingerprint density at radius 3 is 2.32 bits per heavy atom. The highest BCUT2D eigenvalue weighted by molar-refractivity contribution is 6.31. The third-order valence-corrected chi connectivity index (χ3v) is 7.55. The van der Waals surface area contributed by atoms with Gasteiger partial charge in [-0.1, -0.05) is 17.7 Å². The molecule has 188 valence electrons. The molecule has 3 heterocycles. The van der Waals surface area contributed by atoms with Gasteiger partial charge in [0.25, 0.3) is 5.91 Å². The van der Waals surface area contributed by atoms with Gasteiger partial charge in [-0.3, -0.25) is 9.69 Å². The van der Waals surface area contributed by atoms with Crippen LogP contribution in [0.4, 0.5) is 18.0 Å². The fourth-order valence-electron chi connectivity index (χ4n) is 5.32. The van der Waals surface area contributed by atoms with Gasteiger partial charge in [0, 0.05) is 52.2 Å². The van der Waals surface area contributed by atoms with Gasteiger partial charge in [-0.15, -0.1) is 0 Å². The lowest BCUT2D eigenvalue weighted by Crippen LogP contribution is -2.58. The molecule has 0 radical (unpaired) electrons. The highest BCUT2D eigenvalue weighted by atomic mass is 35.5. The maximum absolute atomic E-state index is 13.5. The summed E-state index contributed by atoms with van der Waals surface area (Å²) < 4.78 is 44.4. The number of likely N-dealkylation sites (tertiary alicyclic amines) is 1. The van der Waals surface area contributed by atoms with E-state index in [0.717, 1.165) is 17.0 Å². The first-order valence-corrected chi connectivity index (χ1v) is 11.9. The molecule has 0 aliphatic carbocycles. The first kappa shape index (κ1) is 25.2. The number of carbonyl (C=O) groups excluding carboxylic acids is 2. The predicted octanol–water partition coefficient (Wildman–Crippen LogP) is 3.52. The summed E-state index contributed by atoms with van der Waals surface area (Å²) >= 11 is 5.83. The van der Waals surface area contributed by atoms with Crippen molar-refractivity contribution in [1.82, 2.24) is 14.7 Å². The Balaban J connectivity index is 1.47. The molecule has 3 aliphatic heterocycles. The van der Waals surface area contributed by atoms with Gasteiger partial charge in [0.05, 0.1) is 22.7 Å². The van der Waals surface area contributed by atoms with Crippen molar-refractivity contribution in [3.63, 3.8) is 0 Å². The van der Waals surface area contributed by atoms with Crippen LogP contribution in [0.5, 0.6) is 0 Å². The molecule has 0 aromatic heterocycles. The molecule has 7 nitrogen and oxygen atoms in total. The number of carbonyl (C=O) groups is 2. The Morgan fingerprint density at radius 2 is 1.76 bits per heavy atom. The van der Waals surface area contributed by atoms with Gasteiger partial charge in [-0.05, 0) is 37.5 Å². The number of urea groups is 1. The second kappa shape index (κ2) is 9.29. The minimum atomic E-state index is -4.58. The summed E-state index contributed by atoms with van der Waals surface area (Å²) in [7, 11) is 0. The summed E-state index contributed by atoms with van der Waals surface area (Å²) in [6.45, 7) is 4.66. The highest BCUT2D eigenvalue weighted by Crippen LogP contribution is 2.39. The van der Waals surface area contributed by atoms with Gasteiger partial charge in [0.15, 0.2) is 0 Å². The van der Waals surface area contributed by atoms with E-state index in [2.05, 4.69) is 4.90 Å². The number of nitrogens with zero attached hydrogens (tertiary/aromatic N) is 3. The number of ether oxygens (including phenoxy) is 1. The van der Waals surface area contributed by atoms with Crippen LogP contribution in [-0.2, 0) is 22.3 Å². The van der Waals surface area contributed by atoms with Crippen LogP contribution in [0, 0.1) is 0 Å². The molecule has 1 spiro atoms. The van der Waals surface area contributed by atoms with Crippen molar-refractivity contribution in [2.24, 2.45) is 0 Å². The number of hydrogen-bond donors (Lipinski definition) is 1. The SMILES string of the molecule is CCN1C(=O)N(Cc2ccc(C(F)(F)F)c(Cl)c2)C(=O)C12CCN(CC1(O)CCOCC1)CC2. The fraction of sp³-hybridized carbons (Fsp3) is 0.652. The number of hydrogen-bond acceptors (Lipinski definition) is 5. The van der Waals surface area contributed by atoms with Crippen molar-refractivity contribution >= 4 is 23.5 Å². The van der Waals surface area contributed by atoms with Gasteiger partial charge < -0.3 is 19.6 Å². The van der Waals surface area contributed by atoms with Crippen LogP contribution in [0.2, 0.25) is 5.02 Å². The summed E-state index contributed by atoms with van der Waals surface area (Å²) in [5.74, 6) is -0.334. The van der Waals surface area contributed by atoms with E-state index >= 15 is 0 Å². The van der Waals surface area contributed by atoms with E-state index in [1.165, 1.54) is 6.07 Å². The smallest absolute Gasteiger partial charge is 0.388 e. The lowest BCUT2D eigenvalue weighted by Gasteiger charge is -2.44. The van der Waals surface area contributed by atoms with Crippen LogP contribution in [0.1, 0.15) is 43.7 Å². The molecule has 1 aromatic rings. The summed E-state index contributed by atoms with van der Waals surface area (Å²) in [5, 5.41) is 10.4. The summed E-state index contributed by atoms with van der Waals surface area (Å²) in [6, 6.07) is 2.83. The lowest BCUT2D eigenvalue weighted by molar-refractivity contribution is -0.138. The number of aliphatic hydroxyl groups is 1. The van der Waals surface area contributed by atoms with Crippen molar-refractivity contribution in [3.8, 4) is 0 Å². The minimum absolute atomic E-state index is 0.142. The molecule has 3 aliphatic rings. The van der Waals surface area contributed by atoms with Crippen molar-refractivity contribution in [3.05, 3.63) is 34.3 Å². The first-order valence-electron chi connectivity index (χ1n) is 11.5. The lowest BCUT2D eigenvalue weighted by atomic mass is 9.84. The molecular weight excluding hydrogens is 475 g/mol. The summed E-state index contributed by atoms with van der Waals surface area (Å²) in [6.07, 6.45) is -2.58. The zero-order chi connectivity index (χ0) is 24.7. The zero-order valence-electron chi connectivity index (χ0n) is 19.0. The number of alkyl halides is 3.